The molecular weight excluding hydrogens is 402 g/mol. The second-order valence-corrected chi connectivity index (χ2v) is 8.21. The standard InChI is InChI=1S/C22H23N3O4S/c1-4-20-23-18(13-30-20)21(26)25(15-10-16(28-2)12-17(11-15)29-3)19-8-9-24(22(19)27)14-6-5-7-14/h1,10-14,19H,5-9H2,2-3H3. The first-order valence-electron chi connectivity index (χ1n) is 9.85. The van der Waals surface area contributed by atoms with Gasteiger partial charge in [0.2, 0.25) is 5.91 Å². The number of anilines is 1. The van der Waals surface area contributed by atoms with Gasteiger partial charge in [-0.15, -0.1) is 17.8 Å². The van der Waals surface area contributed by atoms with Gasteiger partial charge in [0.05, 0.1) is 19.9 Å². The molecule has 2 aromatic rings. The average Bonchev–Trinajstić information content (AvgIpc) is 3.35. The van der Waals surface area contributed by atoms with E-state index in [9.17, 15) is 9.59 Å². The predicted molar refractivity (Wildman–Crippen MR) is 114 cm³/mol. The van der Waals surface area contributed by atoms with Crippen LogP contribution in [0.15, 0.2) is 23.6 Å². The number of amides is 2. The van der Waals surface area contributed by atoms with Gasteiger partial charge in [-0.2, -0.15) is 0 Å². The highest BCUT2D eigenvalue weighted by molar-refractivity contribution is 7.10. The van der Waals surface area contributed by atoms with Crippen LogP contribution >= 0.6 is 11.3 Å². The monoisotopic (exact) mass is 425 g/mol. The van der Waals surface area contributed by atoms with Crippen LogP contribution in [0.4, 0.5) is 5.69 Å². The molecule has 1 aromatic carbocycles. The van der Waals surface area contributed by atoms with Gasteiger partial charge < -0.3 is 14.4 Å². The van der Waals surface area contributed by atoms with Crippen LogP contribution in [0.5, 0.6) is 11.5 Å². The van der Waals surface area contributed by atoms with E-state index in [-0.39, 0.29) is 23.6 Å². The lowest BCUT2D eigenvalue weighted by molar-refractivity contribution is -0.132. The minimum absolute atomic E-state index is 0.0257. The zero-order valence-corrected chi connectivity index (χ0v) is 17.8. The molecule has 1 aliphatic carbocycles. The van der Waals surface area contributed by atoms with Crippen molar-refractivity contribution in [2.45, 2.75) is 37.8 Å². The average molecular weight is 426 g/mol. The van der Waals surface area contributed by atoms with E-state index in [4.69, 9.17) is 15.9 Å². The van der Waals surface area contributed by atoms with Crippen LogP contribution < -0.4 is 14.4 Å². The molecule has 1 saturated heterocycles. The van der Waals surface area contributed by atoms with Crippen molar-refractivity contribution < 1.29 is 19.1 Å². The molecule has 4 rings (SSSR count). The highest BCUT2D eigenvalue weighted by Gasteiger charge is 2.43. The van der Waals surface area contributed by atoms with Crippen molar-refractivity contribution in [1.29, 1.82) is 0 Å². The Morgan fingerprint density at radius 1 is 1.23 bits per heavy atom. The van der Waals surface area contributed by atoms with Crippen LogP contribution in [0, 0.1) is 12.3 Å². The summed E-state index contributed by atoms with van der Waals surface area (Å²) in [6, 6.07) is 4.86. The zero-order valence-electron chi connectivity index (χ0n) is 17.0. The van der Waals surface area contributed by atoms with E-state index in [1.165, 1.54) is 16.2 Å². The van der Waals surface area contributed by atoms with E-state index >= 15 is 0 Å². The molecule has 0 N–H and O–H groups in total. The maximum absolute atomic E-state index is 13.5. The van der Waals surface area contributed by atoms with E-state index < -0.39 is 6.04 Å². The summed E-state index contributed by atoms with van der Waals surface area (Å²) < 4.78 is 10.8. The maximum atomic E-state index is 13.5. The summed E-state index contributed by atoms with van der Waals surface area (Å²) in [4.78, 5) is 34.5. The molecule has 0 spiro atoms. The van der Waals surface area contributed by atoms with Crippen molar-refractivity contribution in [2.75, 3.05) is 25.7 Å². The van der Waals surface area contributed by atoms with Gasteiger partial charge in [-0.1, -0.05) is 0 Å². The first-order valence-corrected chi connectivity index (χ1v) is 10.7. The minimum Gasteiger partial charge on any atom is -0.497 e. The third-order valence-corrected chi connectivity index (χ3v) is 6.49. The molecule has 7 nitrogen and oxygen atoms in total. The number of rotatable bonds is 6. The smallest absolute Gasteiger partial charge is 0.278 e. The number of nitrogens with zero attached hydrogens (tertiary/aromatic N) is 3. The van der Waals surface area contributed by atoms with Crippen molar-refractivity contribution in [2.24, 2.45) is 0 Å². The van der Waals surface area contributed by atoms with E-state index in [1.807, 2.05) is 4.90 Å². The number of carbonyl (C=O) groups is 2. The fraction of sp³-hybridized carbons (Fsp3) is 0.409. The fourth-order valence-corrected chi connectivity index (χ4v) is 4.51. The maximum Gasteiger partial charge on any atom is 0.278 e. The second-order valence-electron chi connectivity index (χ2n) is 7.35. The number of carbonyl (C=O) groups excluding carboxylic acids is 2. The number of aromatic nitrogens is 1. The molecule has 8 heteroatoms. The Bertz CT molecular complexity index is 986. The summed E-state index contributed by atoms with van der Waals surface area (Å²) in [5.41, 5.74) is 0.755. The minimum atomic E-state index is -0.606. The normalized spacial score (nSPS) is 18.6. The van der Waals surface area contributed by atoms with Gasteiger partial charge in [0.25, 0.3) is 5.91 Å². The largest absolute Gasteiger partial charge is 0.497 e. The lowest BCUT2D eigenvalue weighted by Crippen LogP contribution is -2.49. The molecule has 2 aliphatic rings. The van der Waals surface area contributed by atoms with Crippen LogP contribution in [-0.2, 0) is 4.79 Å². The van der Waals surface area contributed by atoms with Crippen molar-refractivity contribution in [3.8, 4) is 23.8 Å². The van der Waals surface area contributed by atoms with Crippen LogP contribution in [-0.4, -0.2) is 54.5 Å². The Hall–Kier alpha value is -3.05. The molecule has 0 bridgehead atoms. The topological polar surface area (TPSA) is 72.0 Å². The molecule has 2 amide bonds. The summed E-state index contributed by atoms with van der Waals surface area (Å²) in [5.74, 6) is 3.13. The third-order valence-electron chi connectivity index (χ3n) is 5.72. The molecule has 0 radical (unpaired) electrons. The summed E-state index contributed by atoms with van der Waals surface area (Å²) in [7, 11) is 3.09. The van der Waals surface area contributed by atoms with Gasteiger partial charge in [0, 0.05) is 36.2 Å². The SMILES string of the molecule is C#Cc1nc(C(=O)N(c2cc(OC)cc(OC)c2)C2CCN(C3CCC3)C2=O)cs1. The van der Waals surface area contributed by atoms with Crippen molar-refractivity contribution in [3.63, 3.8) is 0 Å². The Morgan fingerprint density at radius 3 is 2.47 bits per heavy atom. The molecule has 30 heavy (non-hydrogen) atoms. The zero-order chi connectivity index (χ0) is 21.3. The molecule has 1 saturated carbocycles. The fourth-order valence-electron chi connectivity index (χ4n) is 3.92. The van der Waals surface area contributed by atoms with Gasteiger partial charge in [-0.3, -0.25) is 14.5 Å². The number of terminal acetylenes is 1. The first-order chi connectivity index (χ1) is 14.5. The van der Waals surface area contributed by atoms with E-state index in [0.717, 1.165) is 19.3 Å². The van der Waals surface area contributed by atoms with Crippen molar-refractivity contribution >= 4 is 28.8 Å². The Labute approximate surface area is 179 Å². The van der Waals surface area contributed by atoms with Crippen LogP contribution in [0.1, 0.15) is 41.2 Å². The first kappa shape index (κ1) is 20.2. The molecule has 1 aromatic heterocycles. The lowest BCUT2D eigenvalue weighted by atomic mass is 9.92. The van der Waals surface area contributed by atoms with Gasteiger partial charge >= 0.3 is 0 Å². The Kier molecular flexibility index (Phi) is 5.64. The third kappa shape index (κ3) is 3.61. The summed E-state index contributed by atoms with van der Waals surface area (Å²) in [5, 5.41) is 2.06. The Morgan fingerprint density at radius 2 is 1.93 bits per heavy atom. The molecule has 1 unspecified atom stereocenters. The van der Waals surface area contributed by atoms with Crippen molar-refractivity contribution in [3.05, 3.63) is 34.3 Å². The van der Waals surface area contributed by atoms with E-state index in [1.54, 1.807) is 37.8 Å². The summed E-state index contributed by atoms with van der Waals surface area (Å²) >= 11 is 1.23. The molecule has 2 heterocycles. The second kappa shape index (κ2) is 8.36. The number of benzene rings is 1. The molecule has 1 atom stereocenters. The predicted octanol–water partition coefficient (Wildman–Crippen LogP) is 2.94. The molecule has 2 fully saturated rings. The van der Waals surface area contributed by atoms with Crippen molar-refractivity contribution in [1.82, 2.24) is 9.88 Å². The summed E-state index contributed by atoms with van der Waals surface area (Å²) in [6.45, 7) is 0.645. The Balaban J connectivity index is 1.74. The van der Waals surface area contributed by atoms with Crippen LogP contribution in [0.2, 0.25) is 0 Å². The highest BCUT2D eigenvalue weighted by Crippen LogP contribution is 2.35. The molecule has 156 valence electrons. The van der Waals surface area contributed by atoms with Gasteiger partial charge in [-0.25, -0.2) is 4.98 Å². The van der Waals surface area contributed by atoms with Crippen LogP contribution in [0.3, 0.4) is 0 Å². The van der Waals surface area contributed by atoms with Gasteiger partial charge in [0.1, 0.15) is 23.2 Å². The van der Waals surface area contributed by atoms with E-state index in [0.29, 0.717) is 35.2 Å². The number of ether oxygens (including phenoxy) is 2. The van der Waals surface area contributed by atoms with Gasteiger partial charge in [-0.05, 0) is 31.6 Å². The number of likely N-dealkylation sites (tertiary alicyclic amines) is 1. The van der Waals surface area contributed by atoms with Gasteiger partial charge in [0.15, 0.2) is 5.01 Å². The van der Waals surface area contributed by atoms with E-state index in [2.05, 4.69) is 10.9 Å². The highest BCUT2D eigenvalue weighted by atomic mass is 32.1. The van der Waals surface area contributed by atoms with Crippen LogP contribution in [0.25, 0.3) is 0 Å². The lowest BCUT2D eigenvalue weighted by Gasteiger charge is -2.35. The summed E-state index contributed by atoms with van der Waals surface area (Å²) in [6.07, 6.45) is 9.18. The number of thiazole rings is 1. The number of hydrogen-bond acceptors (Lipinski definition) is 6. The molecule has 1 aliphatic heterocycles. The molecular formula is C22H23N3O4S. The number of hydrogen-bond donors (Lipinski definition) is 0. The quantitative estimate of drug-likeness (QED) is 0.666. The number of methoxy groups -OCH3 is 2.